The van der Waals surface area contributed by atoms with Crippen molar-refractivity contribution in [3.8, 4) is 0 Å². The topological polar surface area (TPSA) is 62.6 Å². The zero-order valence-electron chi connectivity index (χ0n) is 13.2. The molecule has 1 saturated heterocycles. The number of aliphatic imine (C=N–C) groups is 1. The molecular weight excluding hydrogens is 367 g/mol. The number of aromatic nitrogens is 1. The summed E-state index contributed by atoms with van der Waals surface area (Å²) in [7, 11) is 0. The van der Waals surface area contributed by atoms with Crippen LogP contribution in [0.5, 0.6) is 0 Å². The van der Waals surface area contributed by atoms with Crippen LogP contribution >= 0.6 is 11.8 Å². The van der Waals surface area contributed by atoms with Gasteiger partial charge in [0.25, 0.3) is 5.91 Å². The molecule has 0 atom stereocenters. The molecule has 0 radical (unpaired) electrons. The third-order valence-corrected chi connectivity index (χ3v) is 4.56. The van der Waals surface area contributed by atoms with Crippen molar-refractivity contribution >= 4 is 28.7 Å². The minimum absolute atomic E-state index is 0.0815. The summed E-state index contributed by atoms with van der Waals surface area (Å²) >= 11 is 1.02. The van der Waals surface area contributed by atoms with Crippen molar-refractivity contribution in [3.05, 3.63) is 65.5 Å². The zero-order chi connectivity index (χ0) is 18.7. The lowest BCUT2D eigenvalue weighted by molar-refractivity contribution is -0.138. The van der Waals surface area contributed by atoms with Gasteiger partial charge >= 0.3 is 6.18 Å². The summed E-state index contributed by atoms with van der Waals surface area (Å²) in [5, 5.41) is 0.0841. The van der Waals surface area contributed by atoms with Gasteiger partial charge in [0.2, 0.25) is 5.91 Å². The van der Waals surface area contributed by atoms with Crippen LogP contribution in [0, 0.1) is 0 Å². The second-order valence-electron chi connectivity index (χ2n) is 5.37. The van der Waals surface area contributed by atoms with Crippen LogP contribution in [0.2, 0.25) is 0 Å². The van der Waals surface area contributed by atoms with Gasteiger partial charge in [-0.2, -0.15) is 18.2 Å². The average Bonchev–Trinajstić information content (AvgIpc) is 2.95. The first kappa shape index (κ1) is 18.1. The van der Waals surface area contributed by atoms with E-state index < -0.39 is 23.2 Å². The van der Waals surface area contributed by atoms with Crippen LogP contribution in [-0.2, 0) is 17.5 Å². The molecule has 3 rings (SSSR count). The van der Waals surface area contributed by atoms with Crippen molar-refractivity contribution in [3.63, 3.8) is 0 Å². The second kappa shape index (κ2) is 7.28. The number of amides is 2. The van der Waals surface area contributed by atoms with E-state index in [1.807, 2.05) is 6.07 Å². The fraction of sp³-hybridized carbons (Fsp3) is 0.176. The number of carbonyl (C=O) groups excluding carboxylic acids is 2. The molecule has 2 aromatic rings. The number of thioether (sulfide) groups is 1. The number of amidine groups is 1. The predicted molar refractivity (Wildman–Crippen MR) is 90.5 cm³/mol. The monoisotopic (exact) mass is 379 g/mol. The van der Waals surface area contributed by atoms with Gasteiger partial charge in [-0.25, -0.2) is 0 Å². The van der Waals surface area contributed by atoms with E-state index in [2.05, 4.69) is 9.98 Å². The fourth-order valence-corrected chi connectivity index (χ4v) is 3.24. The number of benzene rings is 1. The molecule has 1 aromatic heterocycles. The van der Waals surface area contributed by atoms with E-state index in [0.29, 0.717) is 0 Å². The third-order valence-electron chi connectivity index (χ3n) is 3.59. The van der Waals surface area contributed by atoms with Crippen LogP contribution < -0.4 is 0 Å². The molecule has 1 aromatic carbocycles. The van der Waals surface area contributed by atoms with Crippen molar-refractivity contribution in [1.82, 2.24) is 9.88 Å². The highest BCUT2D eigenvalue weighted by molar-refractivity contribution is 8.15. The van der Waals surface area contributed by atoms with E-state index in [1.165, 1.54) is 4.90 Å². The Bertz CT molecular complexity index is 869. The van der Waals surface area contributed by atoms with E-state index in [4.69, 9.17) is 0 Å². The van der Waals surface area contributed by atoms with Crippen LogP contribution in [0.25, 0.3) is 0 Å². The summed E-state index contributed by atoms with van der Waals surface area (Å²) in [6.07, 6.45) is -2.91. The highest BCUT2D eigenvalue weighted by Crippen LogP contribution is 2.32. The highest BCUT2D eigenvalue weighted by atomic mass is 32.2. The number of carbonyl (C=O) groups is 2. The smallest absolute Gasteiger partial charge is 0.286 e. The van der Waals surface area contributed by atoms with Crippen molar-refractivity contribution in [1.29, 1.82) is 0 Å². The predicted octanol–water partition coefficient (Wildman–Crippen LogP) is 3.37. The average molecular weight is 379 g/mol. The number of nitrogens with zero attached hydrogens (tertiary/aromatic N) is 3. The van der Waals surface area contributed by atoms with Gasteiger partial charge in [-0.1, -0.05) is 42.1 Å². The molecule has 0 spiro atoms. The number of rotatable bonds is 3. The Labute approximate surface area is 150 Å². The van der Waals surface area contributed by atoms with Crippen molar-refractivity contribution < 1.29 is 22.8 Å². The lowest BCUT2D eigenvalue weighted by atomic mass is 10.1. The maximum absolute atomic E-state index is 13.1. The summed E-state index contributed by atoms with van der Waals surface area (Å²) < 4.78 is 39.2. The molecule has 5 nitrogen and oxygen atoms in total. The van der Waals surface area contributed by atoms with E-state index in [9.17, 15) is 22.8 Å². The molecule has 26 heavy (non-hydrogen) atoms. The summed E-state index contributed by atoms with van der Waals surface area (Å²) in [6, 6.07) is 9.76. The molecule has 2 heterocycles. The number of pyridine rings is 1. The molecule has 134 valence electrons. The normalized spacial score (nSPS) is 16.3. The molecule has 0 aliphatic carbocycles. The first-order valence-electron chi connectivity index (χ1n) is 7.47. The summed E-state index contributed by atoms with van der Waals surface area (Å²) in [5.74, 6) is -1.26. The van der Waals surface area contributed by atoms with Crippen molar-refractivity contribution in [2.75, 3.05) is 5.75 Å². The minimum Gasteiger partial charge on any atom is -0.286 e. The van der Waals surface area contributed by atoms with Crippen LogP contribution in [0.4, 0.5) is 13.2 Å². The van der Waals surface area contributed by atoms with Crippen LogP contribution in [0.15, 0.2) is 53.8 Å². The summed E-state index contributed by atoms with van der Waals surface area (Å²) in [5.41, 5.74) is -0.932. The second-order valence-corrected chi connectivity index (χ2v) is 6.32. The van der Waals surface area contributed by atoms with Crippen LogP contribution in [-0.4, -0.2) is 32.6 Å². The van der Waals surface area contributed by atoms with Gasteiger partial charge in [0, 0.05) is 12.4 Å². The molecular formula is C17H12F3N3O2S. The van der Waals surface area contributed by atoms with E-state index >= 15 is 0 Å². The standard InChI is InChI=1S/C17H12F3N3O2S/c18-17(19,20)13-6-7-21-8-12(13)15(25)22-16-23(14(24)10-26-16)9-11-4-2-1-3-5-11/h1-8H,9-10H2/b22-16-. The Kier molecular flexibility index (Phi) is 5.08. The van der Waals surface area contributed by atoms with Gasteiger partial charge in [-0.3, -0.25) is 19.5 Å². The molecule has 1 aliphatic heterocycles. The maximum Gasteiger partial charge on any atom is 0.417 e. The van der Waals surface area contributed by atoms with E-state index in [1.54, 1.807) is 24.3 Å². The number of hydrogen-bond acceptors (Lipinski definition) is 4. The minimum atomic E-state index is -4.70. The molecule has 0 bridgehead atoms. The van der Waals surface area contributed by atoms with Crippen LogP contribution in [0.1, 0.15) is 21.5 Å². The molecule has 9 heteroatoms. The SMILES string of the molecule is O=C(/N=C1\SCC(=O)N1Cc1ccccc1)c1cnccc1C(F)(F)F. The molecule has 2 amide bonds. The Morgan fingerprint density at radius 2 is 1.96 bits per heavy atom. The quantitative estimate of drug-likeness (QED) is 0.820. The summed E-state index contributed by atoms with van der Waals surface area (Å²) in [6.45, 7) is 0.192. The zero-order valence-corrected chi connectivity index (χ0v) is 14.0. The van der Waals surface area contributed by atoms with Crippen molar-refractivity contribution in [2.45, 2.75) is 12.7 Å². The van der Waals surface area contributed by atoms with E-state index in [-0.39, 0.29) is 23.4 Å². The Hall–Kier alpha value is -2.68. The van der Waals surface area contributed by atoms with Gasteiger partial charge in [0.15, 0.2) is 5.17 Å². The molecule has 0 N–H and O–H groups in total. The van der Waals surface area contributed by atoms with Gasteiger partial charge in [0.1, 0.15) is 0 Å². The molecule has 1 aliphatic rings. The lowest BCUT2D eigenvalue weighted by Gasteiger charge is -2.16. The molecule has 0 unspecified atom stereocenters. The summed E-state index contributed by atoms with van der Waals surface area (Å²) in [4.78, 5) is 33.0. The number of hydrogen-bond donors (Lipinski definition) is 0. The Morgan fingerprint density at radius 3 is 2.65 bits per heavy atom. The lowest BCUT2D eigenvalue weighted by Crippen LogP contribution is -2.29. The largest absolute Gasteiger partial charge is 0.417 e. The third kappa shape index (κ3) is 3.93. The first-order chi connectivity index (χ1) is 12.4. The fourth-order valence-electron chi connectivity index (χ4n) is 2.36. The van der Waals surface area contributed by atoms with Gasteiger partial charge in [-0.15, -0.1) is 0 Å². The number of halogens is 3. The molecule has 1 fully saturated rings. The Morgan fingerprint density at radius 1 is 1.23 bits per heavy atom. The van der Waals surface area contributed by atoms with Gasteiger partial charge < -0.3 is 0 Å². The molecule has 0 saturated carbocycles. The van der Waals surface area contributed by atoms with Crippen LogP contribution in [0.3, 0.4) is 0 Å². The first-order valence-corrected chi connectivity index (χ1v) is 8.46. The van der Waals surface area contributed by atoms with E-state index in [0.717, 1.165) is 35.8 Å². The van der Waals surface area contributed by atoms with Gasteiger partial charge in [0.05, 0.1) is 23.4 Å². The number of alkyl halides is 3. The Balaban J connectivity index is 1.89. The highest BCUT2D eigenvalue weighted by Gasteiger charge is 2.36. The van der Waals surface area contributed by atoms with Crippen molar-refractivity contribution in [2.24, 2.45) is 4.99 Å². The van der Waals surface area contributed by atoms with Gasteiger partial charge in [-0.05, 0) is 11.6 Å². The maximum atomic E-state index is 13.1.